The molecule has 0 aliphatic heterocycles. The zero-order valence-electron chi connectivity index (χ0n) is 17.4. The van der Waals surface area contributed by atoms with Crippen LogP contribution in [0.25, 0.3) is 0 Å². The number of guanidine groups is 1. The molecule has 4 N–H and O–H groups in total. The van der Waals surface area contributed by atoms with Crippen LogP contribution in [-0.4, -0.2) is 56.5 Å². The summed E-state index contributed by atoms with van der Waals surface area (Å²) in [5, 5.41) is 6.39. The molecule has 2 amide bonds. The van der Waals surface area contributed by atoms with Crippen LogP contribution >= 0.6 is 35.6 Å². The van der Waals surface area contributed by atoms with E-state index in [1.807, 2.05) is 36.2 Å². The highest BCUT2D eigenvalue weighted by molar-refractivity contribution is 14.0. The van der Waals surface area contributed by atoms with Crippen LogP contribution in [0.3, 0.4) is 0 Å². The third-order valence-corrected chi connectivity index (χ3v) is 4.42. The zero-order valence-corrected chi connectivity index (χ0v) is 20.5. The van der Waals surface area contributed by atoms with Crippen LogP contribution in [0.4, 0.5) is 0 Å². The van der Waals surface area contributed by atoms with E-state index >= 15 is 0 Å². The number of nitrogens with zero attached hydrogens (tertiary/aromatic N) is 2. The van der Waals surface area contributed by atoms with E-state index in [-0.39, 0.29) is 36.4 Å². The summed E-state index contributed by atoms with van der Waals surface area (Å²) in [5.74, 6) is 0.552. The Morgan fingerprint density at radius 2 is 1.74 bits per heavy atom. The number of hydrogen-bond donors (Lipinski definition) is 3. The molecule has 0 aromatic heterocycles. The van der Waals surface area contributed by atoms with Crippen molar-refractivity contribution in [2.24, 2.45) is 10.7 Å². The van der Waals surface area contributed by atoms with Gasteiger partial charge in [0.1, 0.15) is 12.4 Å². The monoisotopic (exact) mass is 559 g/mol. The van der Waals surface area contributed by atoms with Crippen LogP contribution in [0.15, 0.2) is 53.5 Å². The number of carbonyl (C=O) groups is 2. The summed E-state index contributed by atoms with van der Waals surface area (Å²) in [6, 6.07) is 14.3. The number of nitrogens with two attached hydrogens (primary N) is 1. The highest BCUT2D eigenvalue weighted by Gasteiger charge is 2.08. The van der Waals surface area contributed by atoms with Gasteiger partial charge in [0.15, 0.2) is 5.96 Å². The predicted octanol–water partition coefficient (Wildman–Crippen LogP) is 2.26. The molecule has 10 heteroatoms. The lowest BCUT2D eigenvalue weighted by Gasteiger charge is -2.22. The molecule has 0 saturated heterocycles. The molecule has 2 aromatic carbocycles. The van der Waals surface area contributed by atoms with Crippen LogP contribution < -0.4 is 21.1 Å². The average molecular weight is 560 g/mol. The Balaban J connectivity index is 0.00000480. The number of ether oxygens (including phenoxy) is 1. The summed E-state index contributed by atoms with van der Waals surface area (Å²) in [6.45, 7) is 1.49. The number of benzene rings is 2. The first-order chi connectivity index (χ1) is 14.4. The van der Waals surface area contributed by atoms with E-state index in [0.717, 1.165) is 17.3 Å². The highest BCUT2D eigenvalue weighted by Crippen LogP contribution is 2.15. The van der Waals surface area contributed by atoms with E-state index in [4.69, 9.17) is 22.1 Å². The Hall–Kier alpha value is -2.53. The van der Waals surface area contributed by atoms with Crippen LogP contribution in [0.5, 0.6) is 5.75 Å². The summed E-state index contributed by atoms with van der Waals surface area (Å²) in [7, 11) is 3.64. The summed E-state index contributed by atoms with van der Waals surface area (Å²) in [4.78, 5) is 28.9. The van der Waals surface area contributed by atoms with Crippen molar-refractivity contribution in [3.05, 3.63) is 64.7 Å². The molecule has 0 unspecified atom stereocenters. The molecule has 0 spiro atoms. The van der Waals surface area contributed by atoms with Gasteiger partial charge in [0.2, 0.25) is 5.91 Å². The standard InChI is InChI=1S/C21H26ClN5O3.HI/c1-24-21(27(2)11-12-30-18-9-7-17(22)8-10-18)26-13-15-3-5-16(6-4-15)20(29)25-14-19(23)28;/h3-10H,11-14H2,1-2H3,(H2,23,28)(H,24,26)(H,25,29);1H. The molecule has 0 aliphatic carbocycles. The number of hydrogen-bond acceptors (Lipinski definition) is 4. The van der Waals surface area contributed by atoms with Crippen LogP contribution in [0, 0.1) is 0 Å². The number of rotatable bonds is 9. The second kappa shape index (κ2) is 13.7. The van der Waals surface area contributed by atoms with E-state index < -0.39 is 5.91 Å². The lowest BCUT2D eigenvalue weighted by Crippen LogP contribution is -2.40. The topological polar surface area (TPSA) is 109 Å². The summed E-state index contributed by atoms with van der Waals surface area (Å²) in [6.07, 6.45) is 0. The molecule has 0 bridgehead atoms. The predicted molar refractivity (Wildman–Crippen MR) is 133 cm³/mol. The molecule has 0 heterocycles. The van der Waals surface area contributed by atoms with Crippen LogP contribution in [0.2, 0.25) is 5.02 Å². The van der Waals surface area contributed by atoms with Gasteiger partial charge < -0.3 is 26.0 Å². The molecule has 2 aromatic rings. The quantitative estimate of drug-likeness (QED) is 0.248. The first-order valence-electron chi connectivity index (χ1n) is 9.34. The SMILES string of the molecule is CN=C(NCc1ccc(C(=O)NCC(N)=O)cc1)N(C)CCOc1ccc(Cl)cc1.I. The average Bonchev–Trinajstić information content (AvgIpc) is 2.74. The van der Waals surface area contributed by atoms with Gasteiger partial charge in [-0.15, -0.1) is 24.0 Å². The maximum atomic E-state index is 11.9. The minimum atomic E-state index is -0.585. The van der Waals surface area contributed by atoms with Crippen molar-refractivity contribution in [2.45, 2.75) is 6.54 Å². The van der Waals surface area contributed by atoms with Gasteiger partial charge in [0.25, 0.3) is 5.91 Å². The molecule has 31 heavy (non-hydrogen) atoms. The number of likely N-dealkylation sites (N-methyl/N-ethyl adjacent to an activating group) is 1. The molecular weight excluding hydrogens is 533 g/mol. The minimum Gasteiger partial charge on any atom is -0.492 e. The van der Waals surface area contributed by atoms with Gasteiger partial charge in [-0.1, -0.05) is 23.7 Å². The Bertz CT molecular complexity index is 876. The van der Waals surface area contributed by atoms with E-state index in [1.54, 1.807) is 31.3 Å². The van der Waals surface area contributed by atoms with Gasteiger partial charge >= 0.3 is 0 Å². The number of halogens is 2. The van der Waals surface area contributed by atoms with Gasteiger partial charge in [0.05, 0.1) is 13.1 Å². The van der Waals surface area contributed by atoms with Crippen molar-refractivity contribution < 1.29 is 14.3 Å². The molecule has 0 fully saturated rings. The lowest BCUT2D eigenvalue weighted by molar-refractivity contribution is -0.117. The molecular formula is C21H27ClIN5O3. The number of aliphatic imine (C=N–C) groups is 1. The Labute approximate surface area is 204 Å². The normalized spacial score (nSPS) is 10.6. The Morgan fingerprint density at radius 3 is 2.32 bits per heavy atom. The van der Waals surface area contributed by atoms with Crippen molar-refractivity contribution in [3.63, 3.8) is 0 Å². The molecule has 168 valence electrons. The van der Waals surface area contributed by atoms with Crippen molar-refractivity contribution in [3.8, 4) is 5.75 Å². The third kappa shape index (κ3) is 9.43. The fraction of sp³-hybridized carbons (Fsp3) is 0.286. The number of carbonyl (C=O) groups excluding carboxylic acids is 2. The molecule has 8 nitrogen and oxygen atoms in total. The summed E-state index contributed by atoms with van der Waals surface area (Å²) in [5.41, 5.74) is 6.46. The van der Waals surface area contributed by atoms with Gasteiger partial charge in [-0.05, 0) is 42.0 Å². The van der Waals surface area contributed by atoms with E-state index in [9.17, 15) is 9.59 Å². The second-order valence-corrected chi connectivity index (χ2v) is 6.91. The summed E-state index contributed by atoms with van der Waals surface area (Å²) >= 11 is 5.87. The van der Waals surface area contributed by atoms with E-state index in [2.05, 4.69) is 15.6 Å². The number of primary amides is 1. The molecule has 2 rings (SSSR count). The molecule has 0 aliphatic rings. The highest BCUT2D eigenvalue weighted by atomic mass is 127. The first-order valence-corrected chi connectivity index (χ1v) is 9.72. The zero-order chi connectivity index (χ0) is 21.9. The van der Waals surface area contributed by atoms with Gasteiger partial charge in [-0.3, -0.25) is 14.6 Å². The van der Waals surface area contributed by atoms with Crippen LogP contribution in [0.1, 0.15) is 15.9 Å². The Kier molecular flexibility index (Phi) is 11.7. The van der Waals surface area contributed by atoms with E-state index in [1.165, 1.54) is 0 Å². The largest absolute Gasteiger partial charge is 0.492 e. The smallest absolute Gasteiger partial charge is 0.251 e. The fourth-order valence-electron chi connectivity index (χ4n) is 2.55. The van der Waals surface area contributed by atoms with Crippen molar-refractivity contribution in [1.82, 2.24) is 15.5 Å². The molecule has 0 atom stereocenters. The number of nitrogens with one attached hydrogen (secondary N) is 2. The molecule has 0 radical (unpaired) electrons. The van der Waals surface area contributed by atoms with Gasteiger partial charge in [0, 0.05) is 31.2 Å². The molecule has 0 saturated carbocycles. The first kappa shape index (κ1) is 26.5. The summed E-state index contributed by atoms with van der Waals surface area (Å²) < 4.78 is 5.71. The number of amides is 2. The minimum absolute atomic E-state index is 0. The maximum absolute atomic E-state index is 11.9. The fourth-order valence-corrected chi connectivity index (χ4v) is 2.67. The second-order valence-electron chi connectivity index (χ2n) is 6.47. The van der Waals surface area contributed by atoms with Gasteiger partial charge in [-0.25, -0.2) is 0 Å². The Morgan fingerprint density at radius 1 is 1.10 bits per heavy atom. The van der Waals surface area contributed by atoms with E-state index in [0.29, 0.717) is 30.3 Å². The van der Waals surface area contributed by atoms with Crippen LogP contribution in [-0.2, 0) is 11.3 Å². The van der Waals surface area contributed by atoms with Crippen molar-refractivity contribution in [1.29, 1.82) is 0 Å². The lowest BCUT2D eigenvalue weighted by atomic mass is 10.1. The maximum Gasteiger partial charge on any atom is 0.251 e. The van der Waals surface area contributed by atoms with Crippen molar-refractivity contribution >= 4 is 53.4 Å². The van der Waals surface area contributed by atoms with Crippen molar-refractivity contribution in [2.75, 3.05) is 33.8 Å². The van der Waals surface area contributed by atoms with Gasteiger partial charge in [-0.2, -0.15) is 0 Å². The third-order valence-electron chi connectivity index (χ3n) is 4.17.